The summed E-state index contributed by atoms with van der Waals surface area (Å²) in [6.45, 7) is 2.37. The van der Waals surface area contributed by atoms with E-state index < -0.39 is 0 Å². The first-order valence-electron chi connectivity index (χ1n) is 6.76. The number of carbonyl (C=O) groups excluding carboxylic acids is 1. The van der Waals surface area contributed by atoms with Gasteiger partial charge in [-0.25, -0.2) is 0 Å². The molecule has 5 nitrogen and oxygen atoms in total. The summed E-state index contributed by atoms with van der Waals surface area (Å²) in [5.41, 5.74) is 0.554. The average molecular weight is 286 g/mol. The number of pyridine rings is 1. The van der Waals surface area contributed by atoms with E-state index in [1.807, 2.05) is 13.0 Å². The van der Waals surface area contributed by atoms with Crippen LogP contribution in [0.4, 0.5) is 0 Å². The Kier molecular flexibility index (Phi) is 5.29. The van der Waals surface area contributed by atoms with Crippen LogP contribution in [0.3, 0.4) is 0 Å². The lowest BCUT2D eigenvalue weighted by Crippen LogP contribution is -2.29. The molecule has 1 unspecified atom stereocenters. The summed E-state index contributed by atoms with van der Waals surface area (Å²) in [6, 6.07) is 10.5. The number of rotatable bonds is 6. The summed E-state index contributed by atoms with van der Waals surface area (Å²) in [4.78, 5) is 15.9. The van der Waals surface area contributed by atoms with Gasteiger partial charge in [0.2, 0.25) is 0 Å². The Hall–Kier alpha value is -2.40. The molecule has 2 N–H and O–H groups in total. The third kappa shape index (κ3) is 4.57. The minimum absolute atomic E-state index is 0.0436. The quantitative estimate of drug-likeness (QED) is 0.854. The number of aliphatic hydroxyl groups excluding tert-OH is 1. The third-order valence-electron chi connectivity index (χ3n) is 2.91. The second-order valence-electron chi connectivity index (χ2n) is 4.81. The lowest BCUT2D eigenvalue weighted by atomic mass is 10.1. The molecule has 0 saturated carbocycles. The number of nitrogens with zero attached hydrogens (tertiary/aromatic N) is 1. The molecule has 1 aromatic heterocycles. The van der Waals surface area contributed by atoms with Crippen LogP contribution in [0, 0.1) is 5.92 Å². The van der Waals surface area contributed by atoms with Crippen molar-refractivity contribution in [3.05, 3.63) is 54.4 Å². The first-order chi connectivity index (χ1) is 10.2. The second kappa shape index (κ2) is 7.40. The molecule has 1 amide bonds. The predicted octanol–water partition coefficient (Wildman–Crippen LogP) is 2.23. The number of aromatic nitrogens is 1. The maximum atomic E-state index is 11.9. The van der Waals surface area contributed by atoms with Gasteiger partial charge < -0.3 is 15.2 Å². The number of amides is 1. The van der Waals surface area contributed by atoms with Gasteiger partial charge >= 0.3 is 0 Å². The van der Waals surface area contributed by atoms with Gasteiger partial charge in [0.05, 0.1) is 6.20 Å². The van der Waals surface area contributed by atoms with E-state index >= 15 is 0 Å². The fourth-order valence-corrected chi connectivity index (χ4v) is 1.65. The Labute approximate surface area is 123 Å². The number of hydrogen-bond acceptors (Lipinski definition) is 4. The number of aliphatic hydroxyl groups is 1. The van der Waals surface area contributed by atoms with Gasteiger partial charge in [-0.1, -0.05) is 6.92 Å². The van der Waals surface area contributed by atoms with Gasteiger partial charge in [0.25, 0.3) is 5.91 Å². The maximum Gasteiger partial charge on any atom is 0.251 e. The standard InChI is InChI=1S/C16H18N2O3/c1-12(11-19)9-18-16(20)13-4-6-14(7-5-13)21-15-3-2-8-17-10-15/h2-8,10,12,19H,9,11H2,1H3,(H,18,20). The lowest BCUT2D eigenvalue weighted by molar-refractivity contribution is 0.0942. The molecule has 0 aliphatic carbocycles. The summed E-state index contributed by atoms with van der Waals surface area (Å²) < 4.78 is 5.60. The third-order valence-corrected chi connectivity index (χ3v) is 2.91. The highest BCUT2D eigenvalue weighted by Gasteiger charge is 2.07. The van der Waals surface area contributed by atoms with Crippen LogP contribution in [-0.4, -0.2) is 29.1 Å². The molecule has 110 valence electrons. The van der Waals surface area contributed by atoms with Gasteiger partial charge in [0.1, 0.15) is 11.5 Å². The number of nitrogens with one attached hydrogen (secondary N) is 1. The first-order valence-corrected chi connectivity index (χ1v) is 6.76. The van der Waals surface area contributed by atoms with Crippen molar-refractivity contribution in [2.24, 2.45) is 5.92 Å². The fourth-order valence-electron chi connectivity index (χ4n) is 1.65. The number of carbonyl (C=O) groups is 1. The summed E-state index contributed by atoms with van der Waals surface area (Å²) in [7, 11) is 0. The minimum atomic E-state index is -0.164. The molecule has 1 atom stereocenters. The Morgan fingerprint density at radius 3 is 2.67 bits per heavy atom. The zero-order valence-corrected chi connectivity index (χ0v) is 11.8. The van der Waals surface area contributed by atoms with Crippen molar-refractivity contribution in [2.45, 2.75) is 6.92 Å². The van der Waals surface area contributed by atoms with E-state index in [1.165, 1.54) is 0 Å². The highest BCUT2D eigenvalue weighted by Crippen LogP contribution is 2.20. The molecular weight excluding hydrogens is 268 g/mol. The van der Waals surface area contributed by atoms with Gasteiger partial charge in [0.15, 0.2) is 0 Å². The first kappa shape index (κ1) is 15.0. The molecule has 0 saturated heterocycles. The molecule has 0 radical (unpaired) electrons. The van der Waals surface area contributed by atoms with Crippen molar-refractivity contribution >= 4 is 5.91 Å². The molecule has 2 rings (SSSR count). The Bertz CT molecular complexity index is 570. The predicted molar refractivity (Wildman–Crippen MR) is 79.3 cm³/mol. The normalized spacial score (nSPS) is 11.7. The number of hydrogen-bond donors (Lipinski definition) is 2. The molecule has 1 heterocycles. The summed E-state index contributed by atoms with van der Waals surface area (Å²) in [6.07, 6.45) is 3.30. The van der Waals surface area contributed by atoms with E-state index in [4.69, 9.17) is 9.84 Å². The van der Waals surface area contributed by atoms with Gasteiger partial charge in [-0.2, -0.15) is 0 Å². The summed E-state index contributed by atoms with van der Waals surface area (Å²) in [5, 5.41) is 11.7. The molecule has 2 aromatic rings. The molecule has 0 bridgehead atoms. The SMILES string of the molecule is CC(CO)CNC(=O)c1ccc(Oc2cccnc2)cc1. The number of benzene rings is 1. The van der Waals surface area contributed by atoms with E-state index in [0.717, 1.165) is 0 Å². The van der Waals surface area contributed by atoms with Crippen LogP contribution < -0.4 is 10.1 Å². The molecule has 0 aliphatic heterocycles. The Morgan fingerprint density at radius 1 is 1.29 bits per heavy atom. The van der Waals surface area contributed by atoms with Crippen LogP contribution in [0.2, 0.25) is 0 Å². The molecule has 21 heavy (non-hydrogen) atoms. The largest absolute Gasteiger partial charge is 0.456 e. The second-order valence-corrected chi connectivity index (χ2v) is 4.81. The maximum absolute atomic E-state index is 11.9. The van der Waals surface area contributed by atoms with Crippen molar-refractivity contribution in [3.63, 3.8) is 0 Å². The average Bonchev–Trinajstić information content (AvgIpc) is 2.54. The lowest BCUT2D eigenvalue weighted by Gasteiger charge is -2.10. The molecule has 0 spiro atoms. The van der Waals surface area contributed by atoms with Crippen LogP contribution in [0.1, 0.15) is 17.3 Å². The molecule has 0 aliphatic rings. The highest BCUT2D eigenvalue weighted by molar-refractivity contribution is 5.94. The molecule has 5 heteroatoms. The molecule has 0 fully saturated rings. The summed E-state index contributed by atoms with van der Waals surface area (Å²) in [5.74, 6) is 1.17. The summed E-state index contributed by atoms with van der Waals surface area (Å²) >= 11 is 0. The van der Waals surface area contributed by atoms with E-state index in [9.17, 15) is 4.79 Å². The smallest absolute Gasteiger partial charge is 0.251 e. The van der Waals surface area contributed by atoms with Gasteiger partial charge in [-0.15, -0.1) is 0 Å². The van der Waals surface area contributed by atoms with Crippen molar-refractivity contribution in [1.29, 1.82) is 0 Å². The van der Waals surface area contributed by atoms with Crippen molar-refractivity contribution in [3.8, 4) is 11.5 Å². The highest BCUT2D eigenvalue weighted by atomic mass is 16.5. The fraction of sp³-hybridized carbons (Fsp3) is 0.250. The topological polar surface area (TPSA) is 71.5 Å². The van der Waals surface area contributed by atoms with E-state index in [1.54, 1.807) is 42.7 Å². The van der Waals surface area contributed by atoms with Crippen LogP contribution in [0.15, 0.2) is 48.8 Å². The van der Waals surface area contributed by atoms with E-state index in [0.29, 0.717) is 23.6 Å². The van der Waals surface area contributed by atoms with E-state index in [2.05, 4.69) is 10.3 Å². The van der Waals surface area contributed by atoms with Crippen LogP contribution in [0.5, 0.6) is 11.5 Å². The molecule has 1 aromatic carbocycles. The van der Waals surface area contributed by atoms with Crippen molar-refractivity contribution in [2.75, 3.05) is 13.2 Å². The Morgan fingerprint density at radius 2 is 2.05 bits per heavy atom. The van der Waals surface area contributed by atoms with Crippen LogP contribution in [-0.2, 0) is 0 Å². The van der Waals surface area contributed by atoms with Crippen LogP contribution in [0.25, 0.3) is 0 Å². The van der Waals surface area contributed by atoms with Crippen molar-refractivity contribution in [1.82, 2.24) is 10.3 Å². The van der Waals surface area contributed by atoms with Gasteiger partial charge in [-0.05, 0) is 42.3 Å². The van der Waals surface area contributed by atoms with Crippen molar-refractivity contribution < 1.29 is 14.6 Å². The minimum Gasteiger partial charge on any atom is -0.456 e. The van der Waals surface area contributed by atoms with Gasteiger partial charge in [-0.3, -0.25) is 9.78 Å². The zero-order valence-electron chi connectivity index (χ0n) is 11.8. The van der Waals surface area contributed by atoms with Crippen LogP contribution >= 0.6 is 0 Å². The van der Waals surface area contributed by atoms with E-state index in [-0.39, 0.29) is 18.4 Å². The Balaban J connectivity index is 1.94. The monoisotopic (exact) mass is 286 g/mol. The van der Waals surface area contributed by atoms with Gasteiger partial charge in [0, 0.05) is 24.9 Å². The number of ether oxygens (including phenoxy) is 1. The zero-order chi connectivity index (χ0) is 15.1. The molecular formula is C16H18N2O3.